The van der Waals surface area contributed by atoms with Crippen molar-refractivity contribution in [1.29, 1.82) is 5.41 Å². The molecule has 2 saturated heterocycles. The lowest BCUT2D eigenvalue weighted by molar-refractivity contribution is -0.143. The van der Waals surface area contributed by atoms with Crippen LogP contribution in [-0.4, -0.2) is 201 Å². The minimum absolute atomic E-state index is 0.0513. The van der Waals surface area contributed by atoms with E-state index in [0.717, 1.165) is 41.5 Å². The van der Waals surface area contributed by atoms with Crippen molar-refractivity contribution in [3.63, 3.8) is 0 Å². The van der Waals surface area contributed by atoms with Gasteiger partial charge in [0.05, 0.1) is 19.3 Å². The number of aromatic nitrogens is 1. The summed E-state index contributed by atoms with van der Waals surface area (Å²) in [5, 5.41) is 70.5. The van der Waals surface area contributed by atoms with Gasteiger partial charge in [-0.1, -0.05) is 164 Å². The fourth-order valence-corrected chi connectivity index (χ4v) is 13.7. The summed E-state index contributed by atoms with van der Waals surface area (Å²) in [5.41, 5.74) is 13.9. The van der Waals surface area contributed by atoms with Crippen LogP contribution in [0.3, 0.4) is 0 Å². The van der Waals surface area contributed by atoms with Gasteiger partial charge in [0.15, 0.2) is 5.96 Å². The van der Waals surface area contributed by atoms with Crippen molar-refractivity contribution in [2.45, 2.75) is 267 Å². The van der Waals surface area contributed by atoms with Gasteiger partial charge in [0.25, 0.3) is 0 Å². The molecule has 3 heterocycles. The fraction of sp³-hybridized carbons (Fsp3) is 0.588. The molecule has 0 bridgehead atoms. The number of benzene rings is 3. The normalized spacial score (nSPS) is 20.4. The number of para-hydroxylation sites is 1. The second kappa shape index (κ2) is 48.6. The highest BCUT2D eigenvalue weighted by molar-refractivity contribution is 6.00. The van der Waals surface area contributed by atoms with Crippen LogP contribution in [0.25, 0.3) is 10.9 Å². The molecule has 1 aromatic heterocycles. The number of unbranched alkanes of at least 4 members (excludes halogenated alkanes) is 13. The molecule has 2 aliphatic rings. The number of aliphatic hydroxyl groups is 2. The maximum atomic E-state index is 15.3. The van der Waals surface area contributed by atoms with Gasteiger partial charge in [0.2, 0.25) is 65.0 Å². The maximum Gasteiger partial charge on any atom is 0.245 e. The van der Waals surface area contributed by atoms with E-state index in [4.69, 9.17) is 16.9 Å². The number of phenolic OH excluding ortho intramolecular Hbond substituents is 1. The Hall–Kier alpha value is -10.0. The molecule has 4 aromatic rings. The molecule has 0 aliphatic carbocycles. The molecule has 2 fully saturated rings. The molecule has 0 radical (unpaired) electrons. The largest absolute Gasteiger partial charge is 0.508 e. The van der Waals surface area contributed by atoms with Crippen molar-refractivity contribution in [1.82, 2.24) is 68.4 Å². The molecule has 111 heavy (non-hydrogen) atoms. The van der Waals surface area contributed by atoms with Gasteiger partial charge >= 0.3 is 0 Å². The molecular weight excluding hydrogens is 1420 g/mol. The molecule has 6 rings (SSSR count). The van der Waals surface area contributed by atoms with Crippen LogP contribution >= 0.6 is 0 Å². The highest BCUT2D eigenvalue weighted by Gasteiger charge is 2.44. The summed E-state index contributed by atoms with van der Waals surface area (Å²) < 4.78 is 0. The number of aliphatic hydroxyl groups excluding tert-OH is 2. The second-order valence-electron chi connectivity index (χ2n) is 29.3. The first-order chi connectivity index (χ1) is 53.4. The first-order valence-corrected chi connectivity index (χ1v) is 39.7. The molecule has 31 heteroatoms. The number of carbonyl (C=O) groups is 12. The van der Waals surface area contributed by atoms with Gasteiger partial charge in [0, 0.05) is 68.7 Å². The topological polar surface area (TPSA) is 493 Å². The number of aromatic hydroxyl groups is 1. The van der Waals surface area contributed by atoms with Gasteiger partial charge in [-0.2, -0.15) is 0 Å². The number of Topliss-reactive ketones (excluding diaryl/α,β-unsaturated/α-hetero) is 1. The van der Waals surface area contributed by atoms with Crippen LogP contribution in [0.1, 0.15) is 198 Å². The fourth-order valence-electron chi connectivity index (χ4n) is 13.7. The lowest BCUT2D eigenvalue weighted by atomic mass is 10.0. The molecule has 31 nitrogen and oxygen atoms in total. The highest BCUT2D eigenvalue weighted by Crippen LogP contribution is 2.24. The molecule has 11 amide bonds. The van der Waals surface area contributed by atoms with E-state index >= 15 is 4.79 Å². The third-order valence-electron chi connectivity index (χ3n) is 20.1. The number of nitrogens with zero attached hydrogens (tertiary/aromatic N) is 1. The summed E-state index contributed by atoms with van der Waals surface area (Å²) in [7, 11) is 0. The van der Waals surface area contributed by atoms with Crippen molar-refractivity contribution in [3.8, 4) is 5.75 Å². The van der Waals surface area contributed by atoms with Crippen LogP contribution < -0.4 is 70.0 Å². The minimum atomic E-state index is -1.74. The lowest BCUT2D eigenvalue weighted by Gasteiger charge is -2.31. The van der Waals surface area contributed by atoms with Gasteiger partial charge in [-0.15, -0.1) is 0 Å². The molecular formula is C80H120N16O15. The summed E-state index contributed by atoms with van der Waals surface area (Å²) in [4.78, 5) is 176. The molecule has 0 spiro atoms. The Labute approximate surface area is 650 Å². The zero-order chi connectivity index (χ0) is 80.6. The van der Waals surface area contributed by atoms with Crippen molar-refractivity contribution in [2.24, 2.45) is 11.5 Å². The Kier molecular flexibility index (Phi) is 39.4. The summed E-state index contributed by atoms with van der Waals surface area (Å²) in [6, 6.07) is 7.23. The molecule has 3 unspecified atom stereocenters. The Morgan fingerprint density at radius 1 is 0.622 bits per heavy atom. The number of guanidine groups is 1. The smallest absolute Gasteiger partial charge is 0.245 e. The number of amides is 11. The van der Waals surface area contributed by atoms with Crippen LogP contribution in [0.4, 0.5) is 0 Å². The number of hydrogen-bond donors (Lipinski definition) is 18. The van der Waals surface area contributed by atoms with Gasteiger partial charge < -0.3 is 95.2 Å². The average molecular weight is 1550 g/mol. The summed E-state index contributed by atoms with van der Waals surface area (Å²) in [6.45, 7) is 4.11. The van der Waals surface area contributed by atoms with Crippen LogP contribution in [0, 0.1) is 5.41 Å². The number of phenols is 1. The SMILES string of the molecule is CCCCCCCCCCCCCCCC(=O)NC(C)C(=O)NC(Cc1ccc(O)cc1)C(=O)NC(CO)C(=O)N[C@@H](CCCC)C(=O)N[C@H]1CCC(=O)CNCCCC[C@@H](C(N)=O)NC(=O)[C@H](Cc2c[nH]c3ccccc23)NC(=O)[C@H](CCCNC(=N)N)NC(=O)[C@@H](Cc2ccccc2)NC(=O)[C@@H]2C[C@@H](O)CN2C1=O. The second-order valence-corrected chi connectivity index (χ2v) is 29.3. The summed E-state index contributed by atoms with van der Waals surface area (Å²) >= 11 is 0. The van der Waals surface area contributed by atoms with Crippen LogP contribution in [-0.2, 0) is 76.8 Å². The number of carbonyl (C=O) groups excluding carboxylic acids is 12. The van der Waals surface area contributed by atoms with E-state index < -0.39 is 145 Å². The molecule has 2 aliphatic heterocycles. The van der Waals surface area contributed by atoms with Crippen LogP contribution in [0.15, 0.2) is 85.1 Å². The van der Waals surface area contributed by atoms with E-state index in [1.54, 1.807) is 42.6 Å². The average Bonchev–Trinajstić information content (AvgIpc) is 1.69. The molecule has 20 N–H and O–H groups in total. The molecule has 3 aromatic carbocycles. The van der Waals surface area contributed by atoms with E-state index in [1.165, 1.54) is 82.6 Å². The van der Waals surface area contributed by atoms with E-state index in [0.29, 0.717) is 48.8 Å². The first kappa shape index (κ1) is 89.9. The number of ketones is 1. The standard InChI is InChI=1S/C80H120N16O15/c1-4-6-8-9-10-11-12-13-14-15-16-17-21-34-69(101)87-51(3)71(103)92-64(44-53-35-37-55(98)38-36-53)75(107)95-67(50-97)77(109)90-61(30-7-5-2)72(104)91-63-40-39-56(99)48-84-41-25-24-32-60(70(81)102)88-76(108)66(45-54-47-86-59-31-23-22-29-58(54)59)93-73(105)62(33-26-42-85-80(82)83)89-74(106)65(43-52-27-19-18-20-28-52)94-78(110)68-46-57(100)49-96(68)79(63)111/h18-20,22-23,27-29,31,35-38,47,51,57,60-68,84,86,97-98,100H,4-17,21,24-26,30,32-34,39-46,48-50H2,1-3H3,(H2,81,102)(H,87,101)(H,88,108)(H,89,106)(H,90,109)(H,91,104)(H,92,103)(H,93,105)(H,94,110)(H,95,107)(H4,82,83,85)/t51?,57-,60+,61+,62+,63+,64?,65-,66+,67?,68+/m1/s1. The van der Waals surface area contributed by atoms with Gasteiger partial charge in [-0.05, 0) is 99.7 Å². The number of H-pyrrole nitrogens is 1. The number of fused-ring (bicyclic) bond motifs is 2. The Balaban J connectivity index is 1.21. The minimum Gasteiger partial charge on any atom is -0.508 e. The molecule has 610 valence electrons. The van der Waals surface area contributed by atoms with Crippen LogP contribution in [0.2, 0.25) is 0 Å². The number of aromatic amines is 1. The van der Waals surface area contributed by atoms with Crippen molar-refractivity contribution in [2.75, 3.05) is 32.8 Å². The molecule has 0 saturated carbocycles. The highest BCUT2D eigenvalue weighted by atomic mass is 16.3. The Morgan fingerprint density at radius 3 is 1.88 bits per heavy atom. The summed E-state index contributed by atoms with van der Waals surface area (Å²) in [5.74, 6) is -10.1. The zero-order valence-corrected chi connectivity index (χ0v) is 64.6. The van der Waals surface area contributed by atoms with E-state index in [9.17, 15) is 68.1 Å². The van der Waals surface area contributed by atoms with Gasteiger partial charge in [-0.25, -0.2) is 0 Å². The van der Waals surface area contributed by atoms with Gasteiger partial charge in [-0.3, -0.25) is 62.9 Å². The van der Waals surface area contributed by atoms with E-state index in [2.05, 4.69) is 70.4 Å². The Bertz CT molecular complexity index is 3670. The van der Waals surface area contributed by atoms with E-state index in [1.807, 2.05) is 25.1 Å². The number of hydrogen-bond acceptors (Lipinski definition) is 17. The predicted octanol–water partition coefficient (Wildman–Crippen LogP) is 2.78. The number of primary amides is 1. The van der Waals surface area contributed by atoms with E-state index in [-0.39, 0.29) is 108 Å². The molecule has 11 atom stereocenters. The first-order valence-electron chi connectivity index (χ1n) is 39.7. The quantitative estimate of drug-likeness (QED) is 0.0174. The lowest BCUT2D eigenvalue weighted by Crippen LogP contribution is -2.61. The third kappa shape index (κ3) is 31.7. The number of nitrogens with two attached hydrogens (primary N) is 2. The van der Waals surface area contributed by atoms with Crippen LogP contribution in [0.5, 0.6) is 5.75 Å². The van der Waals surface area contributed by atoms with Crippen molar-refractivity contribution < 1.29 is 72.9 Å². The summed E-state index contributed by atoms with van der Waals surface area (Å²) in [6.07, 6.45) is 15.3. The van der Waals surface area contributed by atoms with Crippen molar-refractivity contribution in [3.05, 3.63) is 102 Å². The number of nitrogens with one attached hydrogen (secondary N) is 13. The predicted molar refractivity (Wildman–Crippen MR) is 419 cm³/mol. The third-order valence-corrected chi connectivity index (χ3v) is 20.1. The van der Waals surface area contributed by atoms with Gasteiger partial charge in [0.1, 0.15) is 72.0 Å². The monoisotopic (exact) mass is 1540 g/mol. The Morgan fingerprint density at radius 2 is 1.22 bits per heavy atom. The maximum absolute atomic E-state index is 15.3. The zero-order valence-electron chi connectivity index (χ0n) is 64.6. The van der Waals surface area contributed by atoms with Crippen molar-refractivity contribution >= 4 is 87.6 Å². The number of rotatable bonds is 38.